The summed E-state index contributed by atoms with van der Waals surface area (Å²) in [5.41, 5.74) is 5.70. The first kappa shape index (κ1) is 30.5. The summed E-state index contributed by atoms with van der Waals surface area (Å²) in [6, 6.07) is 21.5. The van der Waals surface area contributed by atoms with Crippen LogP contribution in [-0.2, 0) is 10.0 Å². The van der Waals surface area contributed by atoms with E-state index < -0.39 is 15.6 Å². The van der Waals surface area contributed by atoms with Crippen LogP contribution in [0.4, 0.5) is 28.8 Å². The lowest BCUT2D eigenvalue weighted by Crippen LogP contribution is -2.44. The van der Waals surface area contributed by atoms with E-state index in [-0.39, 0.29) is 4.90 Å². The van der Waals surface area contributed by atoms with Gasteiger partial charge in [-0.2, -0.15) is 4.98 Å². The van der Waals surface area contributed by atoms with E-state index >= 15 is 0 Å². The number of hydrogen-bond donors (Lipinski definition) is 3. The second-order valence-electron chi connectivity index (χ2n) is 12.2. The number of piperazine rings is 1. The van der Waals surface area contributed by atoms with Gasteiger partial charge >= 0.3 is 0 Å². The molecular weight excluding hydrogens is 558 g/mol. The summed E-state index contributed by atoms with van der Waals surface area (Å²) < 4.78 is 29.6. The first-order chi connectivity index (χ1) is 20.4. The van der Waals surface area contributed by atoms with E-state index in [2.05, 4.69) is 49.3 Å². The van der Waals surface area contributed by atoms with Crippen LogP contribution in [0.15, 0.2) is 77.8 Å². The topological polar surface area (TPSA) is 102 Å². The fourth-order valence-corrected chi connectivity index (χ4v) is 6.54. The summed E-state index contributed by atoms with van der Waals surface area (Å²) in [6.45, 7) is 13.6. The molecule has 0 unspecified atom stereocenters. The number of anilines is 5. The lowest BCUT2D eigenvalue weighted by atomic mass is 10.0. The SMILES string of the molecule is Cc1ccccc1-c1cc(Nc2nc(Nc3ccc(N4CCN(C)CC4)cc3)ncc2C)cc(S(=O)(=O)NC(C)(C)C)c1. The van der Waals surface area contributed by atoms with Gasteiger partial charge in [0.25, 0.3) is 0 Å². The number of nitrogens with one attached hydrogen (secondary N) is 3. The van der Waals surface area contributed by atoms with Crippen LogP contribution in [0.25, 0.3) is 11.1 Å². The molecule has 43 heavy (non-hydrogen) atoms. The Morgan fingerprint density at radius 2 is 1.51 bits per heavy atom. The largest absolute Gasteiger partial charge is 0.369 e. The predicted octanol–water partition coefficient (Wildman–Crippen LogP) is 6.08. The van der Waals surface area contributed by atoms with Gasteiger partial charge in [0.05, 0.1) is 4.90 Å². The van der Waals surface area contributed by atoms with Crippen molar-refractivity contribution in [2.24, 2.45) is 0 Å². The molecule has 0 aliphatic carbocycles. The Kier molecular flexibility index (Phi) is 8.73. The molecule has 1 aromatic heterocycles. The van der Waals surface area contributed by atoms with Gasteiger partial charge in [0.15, 0.2) is 0 Å². The van der Waals surface area contributed by atoms with E-state index in [4.69, 9.17) is 4.98 Å². The third-order valence-corrected chi connectivity index (χ3v) is 9.08. The normalized spacial score (nSPS) is 14.5. The zero-order valence-corrected chi connectivity index (χ0v) is 26.6. The lowest BCUT2D eigenvalue weighted by molar-refractivity contribution is 0.313. The minimum atomic E-state index is -3.79. The number of nitrogens with zero attached hydrogens (tertiary/aromatic N) is 4. The molecule has 3 N–H and O–H groups in total. The molecule has 1 fully saturated rings. The smallest absolute Gasteiger partial charge is 0.241 e. The minimum absolute atomic E-state index is 0.177. The Labute approximate surface area is 255 Å². The zero-order chi connectivity index (χ0) is 30.8. The highest BCUT2D eigenvalue weighted by Gasteiger charge is 2.24. The van der Waals surface area contributed by atoms with E-state index in [1.807, 2.05) is 77.1 Å². The van der Waals surface area contributed by atoms with Gasteiger partial charge in [-0.05, 0) is 101 Å². The van der Waals surface area contributed by atoms with E-state index in [0.29, 0.717) is 17.5 Å². The number of aromatic nitrogens is 2. The average molecular weight is 600 g/mol. The predicted molar refractivity (Wildman–Crippen MR) is 176 cm³/mol. The molecule has 9 nitrogen and oxygen atoms in total. The van der Waals surface area contributed by atoms with E-state index in [1.54, 1.807) is 18.3 Å². The van der Waals surface area contributed by atoms with Gasteiger partial charge in [-0.1, -0.05) is 24.3 Å². The van der Waals surface area contributed by atoms with Crippen LogP contribution in [0.5, 0.6) is 0 Å². The van der Waals surface area contributed by atoms with Crippen molar-refractivity contribution in [3.63, 3.8) is 0 Å². The van der Waals surface area contributed by atoms with Crippen LogP contribution in [0.2, 0.25) is 0 Å². The first-order valence-electron chi connectivity index (χ1n) is 14.5. The first-order valence-corrected chi connectivity index (χ1v) is 16.0. The highest BCUT2D eigenvalue weighted by molar-refractivity contribution is 7.89. The van der Waals surface area contributed by atoms with Crippen molar-refractivity contribution in [2.45, 2.75) is 45.1 Å². The van der Waals surface area contributed by atoms with Crippen molar-refractivity contribution < 1.29 is 8.42 Å². The highest BCUT2D eigenvalue weighted by atomic mass is 32.2. The quantitative estimate of drug-likeness (QED) is 0.224. The molecule has 0 spiro atoms. The summed E-state index contributed by atoms with van der Waals surface area (Å²) in [6.07, 6.45) is 1.75. The molecule has 4 aromatic rings. The van der Waals surface area contributed by atoms with Crippen molar-refractivity contribution in [1.29, 1.82) is 0 Å². The number of sulfonamides is 1. The van der Waals surface area contributed by atoms with Crippen LogP contribution >= 0.6 is 0 Å². The molecule has 0 bridgehead atoms. The van der Waals surface area contributed by atoms with Crippen molar-refractivity contribution in [1.82, 2.24) is 19.6 Å². The molecule has 3 aromatic carbocycles. The molecule has 0 amide bonds. The summed E-state index contributed by atoms with van der Waals surface area (Å²) >= 11 is 0. The fraction of sp³-hybridized carbons (Fsp3) is 0.333. The van der Waals surface area contributed by atoms with E-state index in [9.17, 15) is 8.42 Å². The monoisotopic (exact) mass is 599 g/mol. The highest BCUT2D eigenvalue weighted by Crippen LogP contribution is 2.32. The Balaban J connectivity index is 1.42. The number of hydrogen-bond acceptors (Lipinski definition) is 8. The van der Waals surface area contributed by atoms with Gasteiger partial charge in [-0.15, -0.1) is 0 Å². The minimum Gasteiger partial charge on any atom is -0.369 e. The number of likely N-dealkylation sites (N-methyl/N-ethyl adjacent to an activating group) is 1. The molecule has 0 atom stereocenters. The summed E-state index contributed by atoms with van der Waals surface area (Å²) in [7, 11) is -1.64. The Hall–Kier alpha value is -3.99. The van der Waals surface area contributed by atoms with Crippen LogP contribution in [0, 0.1) is 13.8 Å². The van der Waals surface area contributed by atoms with Gasteiger partial charge < -0.3 is 20.4 Å². The summed E-state index contributed by atoms with van der Waals surface area (Å²) in [5.74, 6) is 1.03. The number of benzene rings is 3. The third kappa shape index (κ3) is 7.70. The van der Waals surface area contributed by atoms with Crippen molar-refractivity contribution in [3.8, 4) is 11.1 Å². The van der Waals surface area contributed by atoms with Gasteiger partial charge in [-0.3, -0.25) is 0 Å². The molecule has 0 radical (unpaired) electrons. The maximum absolute atomic E-state index is 13.4. The molecular formula is C33H41N7O2S. The zero-order valence-electron chi connectivity index (χ0n) is 25.8. The van der Waals surface area contributed by atoms with Gasteiger partial charge in [0.2, 0.25) is 16.0 Å². The molecule has 2 heterocycles. The third-order valence-electron chi connectivity index (χ3n) is 7.34. The fourth-order valence-electron chi connectivity index (χ4n) is 5.06. The maximum Gasteiger partial charge on any atom is 0.241 e. The Bertz CT molecular complexity index is 1690. The molecule has 10 heteroatoms. The second kappa shape index (κ2) is 12.3. The van der Waals surface area contributed by atoms with Crippen LogP contribution < -0.4 is 20.3 Å². The molecule has 226 valence electrons. The van der Waals surface area contributed by atoms with Crippen LogP contribution in [0.3, 0.4) is 0 Å². The molecule has 0 saturated carbocycles. The summed E-state index contributed by atoms with van der Waals surface area (Å²) in [5, 5.41) is 6.67. The van der Waals surface area contributed by atoms with E-state index in [0.717, 1.165) is 54.1 Å². The maximum atomic E-state index is 13.4. The Morgan fingerprint density at radius 3 is 2.19 bits per heavy atom. The average Bonchev–Trinajstić information content (AvgIpc) is 2.95. The van der Waals surface area contributed by atoms with Crippen molar-refractivity contribution in [2.75, 3.05) is 48.8 Å². The van der Waals surface area contributed by atoms with E-state index in [1.165, 1.54) is 5.69 Å². The van der Waals surface area contributed by atoms with Gasteiger partial charge in [-0.25, -0.2) is 18.1 Å². The molecule has 1 saturated heterocycles. The van der Waals surface area contributed by atoms with Gasteiger partial charge in [0.1, 0.15) is 5.82 Å². The van der Waals surface area contributed by atoms with Crippen molar-refractivity contribution in [3.05, 3.63) is 84.1 Å². The second-order valence-corrected chi connectivity index (χ2v) is 13.9. The molecule has 5 rings (SSSR count). The summed E-state index contributed by atoms with van der Waals surface area (Å²) in [4.78, 5) is 14.1. The number of rotatable bonds is 8. The van der Waals surface area contributed by atoms with Crippen molar-refractivity contribution >= 4 is 38.9 Å². The van der Waals surface area contributed by atoms with Crippen LogP contribution in [-0.4, -0.2) is 62.1 Å². The Morgan fingerprint density at radius 1 is 0.814 bits per heavy atom. The van der Waals surface area contributed by atoms with Crippen LogP contribution in [0.1, 0.15) is 31.9 Å². The molecule has 1 aliphatic rings. The number of aryl methyl sites for hydroxylation is 2. The van der Waals surface area contributed by atoms with Gasteiger partial charge in [0, 0.05) is 60.5 Å². The standard InChI is InChI=1S/C33H41N7O2S/c1-23-9-7-8-10-30(23)25-19-27(21-29(20-25)43(41,42)38-33(3,4)5)35-31-24(2)22-34-32(37-31)36-26-11-13-28(14-12-26)40-17-15-39(6)16-18-40/h7-14,19-22,38H,15-18H2,1-6H3,(H2,34,35,36,37). The molecule has 1 aliphatic heterocycles. The lowest BCUT2D eigenvalue weighted by Gasteiger charge is -2.34.